The first-order chi connectivity index (χ1) is 17.0. The summed E-state index contributed by atoms with van der Waals surface area (Å²) in [5, 5.41) is 43.1. The number of β-lactam (4-membered cyclic amide) rings is 1. The van der Waals surface area contributed by atoms with Crippen LogP contribution in [-0.2, 0) is 25.7 Å². The Balaban J connectivity index is 1.68. The third-order valence-corrected chi connectivity index (χ3v) is 6.63. The summed E-state index contributed by atoms with van der Waals surface area (Å²) in [5.74, 6) is -3.68. The number of Topliss-reactive ketones (excluding diaryl/α,β-unsaturated/α-hetero) is 1. The normalized spacial score (nSPS) is 24.5. The molecule has 4 rings (SSSR count). The van der Waals surface area contributed by atoms with E-state index in [4.69, 9.17) is 4.74 Å². The van der Waals surface area contributed by atoms with Crippen molar-refractivity contribution in [1.82, 2.24) is 4.90 Å². The molecule has 2 aliphatic heterocycles. The number of ketones is 1. The second-order valence-corrected chi connectivity index (χ2v) is 8.69. The van der Waals surface area contributed by atoms with Gasteiger partial charge in [0.1, 0.15) is 12.7 Å². The maximum absolute atomic E-state index is 13.5. The van der Waals surface area contributed by atoms with E-state index in [9.17, 15) is 44.8 Å². The van der Waals surface area contributed by atoms with Crippen molar-refractivity contribution in [2.24, 2.45) is 5.92 Å². The Hall–Kier alpha value is -4.23. The van der Waals surface area contributed by atoms with Gasteiger partial charge in [-0.1, -0.05) is 0 Å². The molecule has 0 spiro atoms. The molecule has 2 aromatic carbocycles. The van der Waals surface area contributed by atoms with E-state index in [0.29, 0.717) is 5.56 Å². The zero-order chi connectivity index (χ0) is 26.4. The molecule has 13 nitrogen and oxygen atoms in total. The van der Waals surface area contributed by atoms with Crippen LogP contribution in [0.2, 0.25) is 0 Å². The van der Waals surface area contributed by atoms with Crippen LogP contribution in [0.25, 0.3) is 0 Å². The summed E-state index contributed by atoms with van der Waals surface area (Å²) in [6.45, 7) is 0.968. The zero-order valence-corrected chi connectivity index (χ0v) is 18.8. The molecule has 0 radical (unpaired) electrons. The quantitative estimate of drug-likeness (QED) is 0.175. The number of hydrogen-bond acceptors (Lipinski definition) is 10. The molecule has 0 bridgehead atoms. The van der Waals surface area contributed by atoms with E-state index < -0.39 is 63.8 Å². The van der Waals surface area contributed by atoms with E-state index in [2.05, 4.69) is 0 Å². The minimum atomic E-state index is -2.47. The van der Waals surface area contributed by atoms with Crippen LogP contribution < -0.4 is 0 Å². The number of non-ortho nitro benzene ring substituents is 2. The highest BCUT2D eigenvalue weighted by Crippen LogP contribution is 2.50. The number of amides is 1. The number of nitrogens with zero attached hydrogens (tertiary/aromatic N) is 3. The fraction of sp³-hybridized carbons (Fsp3) is 0.348. The fourth-order valence-electron chi connectivity index (χ4n) is 4.83. The second kappa shape index (κ2) is 9.09. The van der Waals surface area contributed by atoms with Crippen LogP contribution in [0.3, 0.4) is 0 Å². The summed E-state index contributed by atoms with van der Waals surface area (Å²) < 4.78 is 5.33. The van der Waals surface area contributed by atoms with Crippen LogP contribution in [0.15, 0.2) is 48.5 Å². The Bertz CT molecular complexity index is 1240. The second-order valence-electron chi connectivity index (χ2n) is 8.69. The zero-order valence-electron chi connectivity index (χ0n) is 18.8. The lowest BCUT2D eigenvalue weighted by Gasteiger charge is -2.50. The van der Waals surface area contributed by atoms with Gasteiger partial charge in [-0.2, -0.15) is 0 Å². The number of esters is 1. The summed E-state index contributed by atoms with van der Waals surface area (Å²) >= 11 is 0. The van der Waals surface area contributed by atoms with Gasteiger partial charge in [0.25, 0.3) is 11.4 Å². The average Bonchev–Trinajstić information content (AvgIpc) is 3.10. The van der Waals surface area contributed by atoms with Crippen molar-refractivity contribution in [3.05, 3.63) is 79.9 Å². The van der Waals surface area contributed by atoms with Gasteiger partial charge in [-0.3, -0.25) is 29.8 Å². The van der Waals surface area contributed by atoms with E-state index in [1.165, 1.54) is 43.3 Å². The Morgan fingerprint density at radius 2 is 1.58 bits per heavy atom. The van der Waals surface area contributed by atoms with Crippen molar-refractivity contribution in [3.63, 3.8) is 0 Å². The molecule has 2 aromatic rings. The maximum atomic E-state index is 13.5. The lowest BCUT2D eigenvalue weighted by molar-refractivity contribution is -0.385. The van der Waals surface area contributed by atoms with Gasteiger partial charge >= 0.3 is 5.97 Å². The van der Waals surface area contributed by atoms with Crippen LogP contribution in [0, 0.1) is 26.1 Å². The summed E-state index contributed by atoms with van der Waals surface area (Å²) in [6.07, 6.45) is -3.33. The van der Waals surface area contributed by atoms with E-state index in [1.54, 1.807) is 0 Å². The number of rotatable bonds is 8. The first-order valence-corrected chi connectivity index (χ1v) is 10.9. The molecule has 5 atom stereocenters. The van der Waals surface area contributed by atoms with Crippen LogP contribution in [0.1, 0.15) is 30.6 Å². The van der Waals surface area contributed by atoms with Crippen molar-refractivity contribution in [1.29, 1.82) is 0 Å². The van der Waals surface area contributed by atoms with Crippen molar-refractivity contribution in [3.8, 4) is 0 Å². The maximum Gasteiger partial charge on any atom is 0.343 e. The van der Waals surface area contributed by atoms with Crippen LogP contribution in [-0.4, -0.2) is 60.3 Å². The minimum absolute atomic E-state index is 0.0322. The van der Waals surface area contributed by atoms with Gasteiger partial charge in [0, 0.05) is 30.7 Å². The predicted octanol–water partition coefficient (Wildman–Crippen LogP) is 1.20. The minimum Gasteiger partial charge on any atom is -0.459 e. The number of nitro groups is 2. The van der Waals surface area contributed by atoms with Crippen LogP contribution in [0.5, 0.6) is 0 Å². The molecule has 188 valence electrons. The standard InChI is InChI=1S/C23H21N3O10/c1-12(27)19-17-10-18(28)23(24(17)21(19)30,20(29)14-4-8-16(9-5-14)26(34)35)22(31)36-11-13-2-6-15(7-3-13)25(32)33/h2-9,12,17,19-20,27,29H,10-11H2,1H3/t12-,17-,19-,20-,23-/m1/s1. The molecule has 2 heterocycles. The molecule has 2 aliphatic rings. The third kappa shape index (κ3) is 3.78. The summed E-state index contributed by atoms with van der Waals surface area (Å²) in [7, 11) is 0. The fourth-order valence-corrected chi connectivity index (χ4v) is 4.83. The van der Waals surface area contributed by atoms with Gasteiger partial charge in [-0.15, -0.1) is 0 Å². The molecular weight excluding hydrogens is 478 g/mol. The number of fused-ring (bicyclic) bond motifs is 1. The monoisotopic (exact) mass is 499 g/mol. The molecule has 0 unspecified atom stereocenters. The molecule has 2 N–H and O–H groups in total. The molecule has 1 amide bonds. The van der Waals surface area contributed by atoms with Gasteiger partial charge < -0.3 is 19.8 Å². The van der Waals surface area contributed by atoms with Crippen molar-refractivity contribution < 1.29 is 39.2 Å². The Kier molecular flexibility index (Phi) is 6.28. The molecule has 0 saturated carbocycles. The number of carbonyl (C=O) groups excluding carboxylic acids is 3. The number of nitro benzene ring substituents is 2. The Morgan fingerprint density at radius 1 is 1.06 bits per heavy atom. The molecule has 13 heteroatoms. The largest absolute Gasteiger partial charge is 0.459 e. The highest BCUT2D eigenvalue weighted by molar-refractivity contribution is 6.16. The smallest absolute Gasteiger partial charge is 0.343 e. The molecule has 0 aliphatic carbocycles. The molecular formula is C23H21N3O10. The van der Waals surface area contributed by atoms with Crippen molar-refractivity contribution >= 4 is 29.0 Å². The predicted molar refractivity (Wildman–Crippen MR) is 119 cm³/mol. The third-order valence-electron chi connectivity index (χ3n) is 6.63. The van der Waals surface area contributed by atoms with Gasteiger partial charge in [-0.05, 0) is 42.3 Å². The van der Waals surface area contributed by atoms with E-state index in [-0.39, 0.29) is 23.4 Å². The SMILES string of the molecule is C[C@@H](O)[C@H]1C(=O)N2[C@@H]1CC(=O)[C@]2(C(=O)OCc1ccc([N+](=O)[O-])cc1)[C@H](O)c1ccc([N+](=O)[O-])cc1. The van der Waals surface area contributed by atoms with E-state index in [0.717, 1.165) is 17.0 Å². The lowest BCUT2D eigenvalue weighted by Crippen LogP contribution is -2.72. The van der Waals surface area contributed by atoms with E-state index >= 15 is 0 Å². The van der Waals surface area contributed by atoms with Gasteiger partial charge in [-0.25, -0.2) is 4.79 Å². The summed E-state index contributed by atoms with van der Waals surface area (Å²) in [4.78, 5) is 61.2. The highest BCUT2D eigenvalue weighted by atomic mass is 16.6. The lowest BCUT2D eigenvalue weighted by atomic mass is 9.80. The van der Waals surface area contributed by atoms with Crippen molar-refractivity contribution in [2.45, 2.75) is 43.7 Å². The first kappa shape index (κ1) is 24.9. The number of aliphatic hydroxyl groups is 2. The molecule has 2 fully saturated rings. The number of benzene rings is 2. The topological polar surface area (TPSA) is 190 Å². The number of carbonyl (C=O) groups is 3. The molecule has 0 aromatic heterocycles. The van der Waals surface area contributed by atoms with Gasteiger partial charge in [0.05, 0.1) is 27.9 Å². The van der Waals surface area contributed by atoms with Gasteiger partial charge in [0.15, 0.2) is 5.78 Å². The molecule has 36 heavy (non-hydrogen) atoms. The molecule has 2 saturated heterocycles. The van der Waals surface area contributed by atoms with Crippen molar-refractivity contribution in [2.75, 3.05) is 0 Å². The van der Waals surface area contributed by atoms with Crippen LogP contribution >= 0.6 is 0 Å². The highest BCUT2D eigenvalue weighted by Gasteiger charge is 2.72. The van der Waals surface area contributed by atoms with Crippen LogP contribution in [0.4, 0.5) is 11.4 Å². The Labute approximate surface area is 203 Å². The number of aliphatic hydroxyl groups excluding tert-OH is 2. The summed E-state index contributed by atoms with van der Waals surface area (Å²) in [5.41, 5.74) is -2.61. The number of ether oxygens (including phenoxy) is 1. The average molecular weight is 499 g/mol. The van der Waals surface area contributed by atoms with Gasteiger partial charge in [0.2, 0.25) is 11.4 Å². The Morgan fingerprint density at radius 3 is 2.08 bits per heavy atom. The van der Waals surface area contributed by atoms with E-state index in [1.807, 2.05) is 0 Å². The number of hydrogen-bond donors (Lipinski definition) is 2. The first-order valence-electron chi connectivity index (χ1n) is 10.9. The summed E-state index contributed by atoms with van der Waals surface area (Å²) in [6, 6.07) is 8.77.